The Morgan fingerprint density at radius 1 is 1.46 bits per heavy atom. The summed E-state index contributed by atoms with van der Waals surface area (Å²) in [6.07, 6.45) is 2.03. The van der Waals surface area contributed by atoms with Crippen LogP contribution in [0.4, 0.5) is 0 Å². The summed E-state index contributed by atoms with van der Waals surface area (Å²) >= 11 is 2.79. The summed E-state index contributed by atoms with van der Waals surface area (Å²) in [4.78, 5) is 16.8. The van der Waals surface area contributed by atoms with E-state index in [0.717, 1.165) is 15.6 Å². The summed E-state index contributed by atoms with van der Waals surface area (Å²) in [5.74, 6) is -0.0324. The molecule has 0 bridgehead atoms. The lowest BCUT2D eigenvalue weighted by Crippen LogP contribution is -2.45. The van der Waals surface area contributed by atoms with E-state index in [2.05, 4.69) is 16.9 Å². The lowest BCUT2D eigenvalue weighted by Gasteiger charge is -2.32. The quantitative estimate of drug-likeness (QED) is 0.724. The van der Waals surface area contributed by atoms with Crippen LogP contribution in [-0.4, -0.2) is 49.0 Å². The molecule has 2 aliphatic rings. The lowest BCUT2D eigenvalue weighted by molar-refractivity contribution is -0.120. The number of amides is 1. The van der Waals surface area contributed by atoms with Crippen molar-refractivity contribution in [3.63, 3.8) is 0 Å². The minimum Gasteiger partial charge on any atom is -0.354 e. The van der Waals surface area contributed by atoms with Gasteiger partial charge >= 0.3 is 0 Å². The Morgan fingerprint density at radius 3 is 3.00 bits per heavy atom. The molecular formula is C18H21N3O4S3. The molecule has 2 aromatic rings. The van der Waals surface area contributed by atoms with Crippen LogP contribution >= 0.6 is 22.7 Å². The predicted octanol–water partition coefficient (Wildman–Crippen LogP) is 2.61. The lowest BCUT2D eigenvalue weighted by atomic mass is 9.94. The maximum atomic E-state index is 13.1. The smallest absolute Gasteiger partial charge is 0.252 e. The topological polar surface area (TPSA) is 88.6 Å². The van der Waals surface area contributed by atoms with Gasteiger partial charge < -0.3 is 10.1 Å². The molecule has 0 spiro atoms. The zero-order valence-corrected chi connectivity index (χ0v) is 17.8. The summed E-state index contributed by atoms with van der Waals surface area (Å²) < 4.78 is 33.9. The van der Waals surface area contributed by atoms with Gasteiger partial charge in [0.1, 0.15) is 10.4 Å². The number of aryl methyl sites for hydroxylation is 1. The minimum absolute atomic E-state index is 0.209. The van der Waals surface area contributed by atoms with Crippen molar-refractivity contribution in [2.45, 2.75) is 36.3 Å². The van der Waals surface area contributed by atoms with Crippen LogP contribution in [0.5, 0.6) is 0 Å². The molecule has 1 N–H and O–H groups in total. The van der Waals surface area contributed by atoms with Gasteiger partial charge in [0.2, 0.25) is 5.91 Å². The number of aromatic nitrogens is 1. The first-order valence-electron chi connectivity index (χ1n) is 8.97. The summed E-state index contributed by atoms with van der Waals surface area (Å²) in [7, 11) is -3.58. The van der Waals surface area contributed by atoms with E-state index < -0.39 is 10.0 Å². The predicted molar refractivity (Wildman–Crippen MR) is 109 cm³/mol. The van der Waals surface area contributed by atoms with Gasteiger partial charge in [-0.3, -0.25) is 4.79 Å². The third kappa shape index (κ3) is 3.79. The van der Waals surface area contributed by atoms with Crippen molar-refractivity contribution in [1.29, 1.82) is 0 Å². The largest absolute Gasteiger partial charge is 0.354 e. The molecule has 150 valence electrons. The minimum atomic E-state index is -3.58. The van der Waals surface area contributed by atoms with Gasteiger partial charge in [-0.15, -0.1) is 22.7 Å². The fourth-order valence-corrected chi connectivity index (χ4v) is 7.21. The highest BCUT2D eigenvalue weighted by atomic mass is 32.2. The van der Waals surface area contributed by atoms with E-state index in [1.165, 1.54) is 21.7 Å². The maximum absolute atomic E-state index is 13.1. The Balaban J connectivity index is 1.47. The zero-order chi connectivity index (χ0) is 19.9. The Bertz CT molecular complexity index is 997. The van der Waals surface area contributed by atoms with Gasteiger partial charge in [-0.1, -0.05) is 6.58 Å². The molecule has 3 atom stereocenters. The second-order valence-corrected chi connectivity index (χ2v) is 11.2. The number of rotatable bonds is 5. The number of sulfonamides is 1. The zero-order valence-electron chi connectivity index (χ0n) is 15.3. The standard InChI is InChI=1S/C18H21N3O4S3/c1-3-16(22)20-17-8-12-6-7-21(9-14(12)25-17)28(23,24)18-5-4-15(27-18)13-10-26-11(2)19-13/h3-5,10,12,14,17H,1,6-9H2,2H3,(H,20,22). The molecule has 2 aliphatic heterocycles. The Hall–Kier alpha value is -1.59. The highest BCUT2D eigenvalue weighted by Crippen LogP contribution is 2.37. The van der Waals surface area contributed by atoms with E-state index in [4.69, 9.17) is 4.74 Å². The molecule has 3 unspecified atom stereocenters. The number of fused-ring (bicyclic) bond motifs is 1. The van der Waals surface area contributed by atoms with Crippen molar-refractivity contribution in [2.24, 2.45) is 5.92 Å². The van der Waals surface area contributed by atoms with Crippen LogP contribution < -0.4 is 5.32 Å². The number of piperidine rings is 1. The van der Waals surface area contributed by atoms with Gasteiger partial charge in [0.05, 0.1) is 21.7 Å². The maximum Gasteiger partial charge on any atom is 0.252 e. The second-order valence-electron chi connectivity index (χ2n) is 6.89. The number of thiophene rings is 1. The first-order chi connectivity index (χ1) is 13.4. The van der Waals surface area contributed by atoms with Gasteiger partial charge in [0, 0.05) is 18.5 Å². The summed E-state index contributed by atoms with van der Waals surface area (Å²) in [5.41, 5.74) is 0.813. The van der Waals surface area contributed by atoms with Crippen molar-refractivity contribution in [3.8, 4) is 10.6 Å². The van der Waals surface area contributed by atoms with Crippen LogP contribution in [0.3, 0.4) is 0 Å². The number of thiazole rings is 1. The molecule has 7 nitrogen and oxygen atoms in total. The number of hydrogen-bond acceptors (Lipinski definition) is 7. The summed E-state index contributed by atoms with van der Waals surface area (Å²) in [6, 6.07) is 3.46. The molecule has 10 heteroatoms. The van der Waals surface area contributed by atoms with Gasteiger partial charge in [0.15, 0.2) is 0 Å². The van der Waals surface area contributed by atoms with E-state index in [9.17, 15) is 13.2 Å². The van der Waals surface area contributed by atoms with Crippen molar-refractivity contribution < 1.29 is 17.9 Å². The molecule has 0 saturated carbocycles. The Labute approximate surface area is 172 Å². The third-order valence-corrected chi connectivity index (χ3v) is 9.26. The normalized spacial score (nSPS) is 25.4. The van der Waals surface area contributed by atoms with Crippen LogP contribution in [0.25, 0.3) is 10.6 Å². The molecule has 2 saturated heterocycles. The first kappa shape index (κ1) is 19.7. The SMILES string of the molecule is C=CC(=O)NC1CC2CCN(S(=O)(=O)c3ccc(-c4csc(C)n4)s3)CC2O1. The first-order valence-corrected chi connectivity index (χ1v) is 12.1. The van der Waals surface area contributed by atoms with Gasteiger partial charge in [0.25, 0.3) is 10.0 Å². The fourth-order valence-electron chi connectivity index (χ4n) is 3.63. The molecule has 0 radical (unpaired) electrons. The number of ether oxygens (including phenoxy) is 1. The number of hydrogen-bond donors (Lipinski definition) is 1. The van der Waals surface area contributed by atoms with Crippen LogP contribution in [0, 0.1) is 12.8 Å². The Kier molecular flexibility index (Phi) is 5.41. The average molecular weight is 440 g/mol. The number of carbonyl (C=O) groups excluding carboxylic acids is 1. The fraction of sp³-hybridized carbons (Fsp3) is 0.444. The average Bonchev–Trinajstić information content (AvgIpc) is 3.39. The van der Waals surface area contributed by atoms with E-state index in [1.54, 1.807) is 17.4 Å². The van der Waals surface area contributed by atoms with Crippen molar-refractivity contribution in [2.75, 3.05) is 13.1 Å². The number of nitrogens with one attached hydrogen (secondary N) is 1. The van der Waals surface area contributed by atoms with E-state index in [-0.39, 0.29) is 24.2 Å². The molecule has 4 heterocycles. The molecule has 4 rings (SSSR count). The molecule has 2 aromatic heterocycles. The number of carbonyl (C=O) groups is 1. The van der Waals surface area contributed by atoms with Gasteiger partial charge in [-0.25, -0.2) is 13.4 Å². The summed E-state index contributed by atoms with van der Waals surface area (Å²) in [5, 5.41) is 5.63. The van der Waals surface area contributed by atoms with Gasteiger partial charge in [-0.2, -0.15) is 4.31 Å². The third-order valence-electron chi connectivity index (χ3n) is 5.05. The van der Waals surface area contributed by atoms with Crippen LogP contribution in [0.2, 0.25) is 0 Å². The summed E-state index contributed by atoms with van der Waals surface area (Å²) in [6.45, 7) is 6.12. The monoisotopic (exact) mass is 439 g/mol. The molecule has 28 heavy (non-hydrogen) atoms. The van der Waals surface area contributed by atoms with Crippen molar-refractivity contribution in [3.05, 3.63) is 35.2 Å². The second kappa shape index (κ2) is 7.68. The highest BCUT2D eigenvalue weighted by Gasteiger charge is 2.43. The molecule has 1 amide bonds. The van der Waals surface area contributed by atoms with E-state index >= 15 is 0 Å². The van der Waals surface area contributed by atoms with Crippen LogP contribution in [-0.2, 0) is 19.6 Å². The molecule has 0 aliphatic carbocycles. The van der Waals surface area contributed by atoms with Crippen molar-refractivity contribution in [1.82, 2.24) is 14.6 Å². The molecule has 2 fully saturated rings. The molecular weight excluding hydrogens is 418 g/mol. The van der Waals surface area contributed by atoms with Crippen molar-refractivity contribution >= 4 is 38.6 Å². The number of nitrogens with zero attached hydrogens (tertiary/aromatic N) is 2. The Morgan fingerprint density at radius 2 is 2.29 bits per heavy atom. The van der Waals surface area contributed by atoms with Crippen LogP contribution in [0.1, 0.15) is 17.8 Å². The van der Waals surface area contributed by atoms with E-state index in [0.29, 0.717) is 30.1 Å². The van der Waals surface area contributed by atoms with Gasteiger partial charge in [-0.05, 0) is 43.9 Å². The highest BCUT2D eigenvalue weighted by molar-refractivity contribution is 7.91. The molecule has 0 aromatic carbocycles. The van der Waals surface area contributed by atoms with Crippen LogP contribution in [0.15, 0.2) is 34.4 Å². The van der Waals surface area contributed by atoms with E-state index in [1.807, 2.05) is 18.4 Å².